The van der Waals surface area contributed by atoms with Crippen LogP contribution in [0.25, 0.3) is 55.3 Å². The molecule has 1 aliphatic carbocycles. The second kappa shape index (κ2) is 10.2. The Morgan fingerprint density at radius 3 is 2.43 bits per heavy atom. The molecule has 0 amide bonds. The van der Waals surface area contributed by atoms with E-state index in [2.05, 4.69) is 75.4 Å². The van der Waals surface area contributed by atoms with Crippen molar-refractivity contribution in [3.05, 3.63) is 129 Å². The number of aryl methyl sites for hydroxylation is 2. The molecule has 8 aromatic rings. The molecule has 256 valence electrons. The number of fused-ring (bicyclic) bond motifs is 6. The third-order valence-electron chi connectivity index (χ3n) is 11.9. The molecular weight excluding hydrogens is 808 g/mol. The van der Waals surface area contributed by atoms with Gasteiger partial charge in [-0.25, -0.2) is 0 Å². The first-order valence-corrected chi connectivity index (χ1v) is 18.3. The third-order valence-corrected chi connectivity index (χ3v) is 12.9. The van der Waals surface area contributed by atoms with Crippen molar-refractivity contribution in [2.75, 3.05) is 0 Å². The van der Waals surface area contributed by atoms with Crippen LogP contribution in [0.2, 0.25) is 0 Å². The fraction of sp³-hybridized carbons (Fsp3) is 0.244. The van der Waals surface area contributed by atoms with E-state index >= 15 is 0 Å². The largest absolute Gasteiger partial charge is 0.0619 e. The van der Waals surface area contributed by atoms with Crippen LogP contribution in [0.4, 0.5) is 0 Å². The first-order valence-electron chi connectivity index (χ1n) is 20.2. The summed E-state index contributed by atoms with van der Waals surface area (Å²) < 4.78 is 63.3. The van der Waals surface area contributed by atoms with Crippen molar-refractivity contribution in [3.8, 4) is 28.4 Å². The minimum Gasteiger partial charge on any atom is -0.0619 e. The van der Waals surface area contributed by atoms with E-state index in [0.717, 1.165) is 45.4 Å². The average Bonchev–Trinajstić information content (AvgIpc) is 3.68. The summed E-state index contributed by atoms with van der Waals surface area (Å²) in [6, 6.07) is 36.0. The van der Waals surface area contributed by atoms with Gasteiger partial charge in [0.25, 0.3) is 0 Å². The summed E-state index contributed by atoms with van der Waals surface area (Å²) in [6.07, 6.45) is 0.853. The van der Waals surface area contributed by atoms with Gasteiger partial charge in [0, 0.05) is 20.5 Å². The summed E-state index contributed by atoms with van der Waals surface area (Å²) in [7, 11) is 0. The fourth-order valence-corrected chi connectivity index (χ4v) is 10.1. The number of rotatable bonds is 3. The molecule has 1 aliphatic heterocycles. The topological polar surface area (TPSA) is 36.4 Å². The van der Waals surface area contributed by atoms with E-state index in [1.54, 1.807) is 18.2 Å². The van der Waals surface area contributed by atoms with Gasteiger partial charge in [0.2, 0.25) is 0 Å². The van der Waals surface area contributed by atoms with Crippen LogP contribution in [-0.4, -0.2) is 18.5 Å². The number of hydrogen-bond acceptors (Lipinski definition) is 2. The van der Waals surface area contributed by atoms with E-state index in [1.807, 2.05) is 72.5 Å². The molecule has 0 radical (unpaired) electrons. The van der Waals surface area contributed by atoms with Gasteiger partial charge >= 0.3 is 197 Å². The number of hydrogen-bond donors (Lipinski definition) is 0. The summed E-state index contributed by atoms with van der Waals surface area (Å²) >= 11 is 2.05. The Hall–Kier alpha value is -4.73. The maximum Gasteiger partial charge on any atom is 0.0197 e. The van der Waals surface area contributed by atoms with Crippen molar-refractivity contribution >= 4 is 38.4 Å². The third kappa shape index (κ3) is 3.96. The minimum atomic E-state index is -2.39. The Labute approximate surface area is 317 Å². The molecule has 0 saturated carbocycles. The van der Waals surface area contributed by atoms with Crippen LogP contribution in [-0.2, 0) is 42.6 Å². The minimum absolute atomic E-state index is 0.175. The molecule has 5 aromatic carbocycles. The average molecular weight is 852 g/mol. The normalized spacial score (nSPS) is 20.8. The Bertz CT molecular complexity index is 3110. The molecule has 1 unspecified atom stereocenters. The standard InChI is InChI=1S/C45H38N4O.Pt/c1-27-19-22-35-40-38(27)31-21-20-30(50-29-14-12-13-28(23-29)48-26-47(7)36-17-10-11-18-37(36)48)24-33(31)42-46-39-32-15-8-9-16-34(32)43(2,3)25-45(6,44(35,4)5)41(39)49(40)42;/h8-22H,25H2,1-7H3;/q-2;/i1D3,7D3;. The Morgan fingerprint density at radius 1 is 0.824 bits per heavy atom. The van der Waals surface area contributed by atoms with Crippen molar-refractivity contribution in [2.45, 2.75) is 64.1 Å². The predicted molar refractivity (Wildman–Crippen MR) is 202 cm³/mol. The van der Waals surface area contributed by atoms with Crippen molar-refractivity contribution in [1.29, 1.82) is 0 Å². The van der Waals surface area contributed by atoms with Crippen LogP contribution in [0.3, 0.4) is 0 Å². The molecule has 4 heterocycles. The van der Waals surface area contributed by atoms with Gasteiger partial charge in [-0.1, -0.05) is 71.0 Å². The number of aromatic nitrogens is 4. The molecule has 1 atom stereocenters. The summed E-state index contributed by atoms with van der Waals surface area (Å²) in [5.41, 5.74) is 8.26. The summed E-state index contributed by atoms with van der Waals surface area (Å²) in [5, 5.41) is 2.08. The van der Waals surface area contributed by atoms with Crippen molar-refractivity contribution in [3.63, 3.8) is 0 Å². The van der Waals surface area contributed by atoms with E-state index in [9.17, 15) is 0 Å². The van der Waals surface area contributed by atoms with Crippen LogP contribution in [0, 0.1) is 22.8 Å². The number of para-hydroxylation sites is 2. The van der Waals surface area contributed by atoms with Gasteiger partial charge in [-0.05, 0) is 29.8 Å². The molecule has 0 N–H and O–H groups in total. The van der Waals surface area contributed by atoms with Gasteiger partial charge in [0.1, 0.15) is 0 Å². The zero-order valence-corrected chi connectivity index (χ0v) is 31.2. The summed E-state index contributed by atoms with van der Waals surface area (Å²) in [5.74, 6) is 0.818. The molecule has 51 heavy (non-hydrogen) atoms. The van der Waals surface area contributed by atoms with E-state index in [1.165, 1.54) is 10.1 Å². The summed E-state index contributed by atoms with van der Waals surface area (Å²) in [6.45, 7) is 6.82. The first kappa shape index (κ1) is 25.3. The Balaban J connectivity index is 1.23. The number of benzene rings is 5. The fourth-order valence-electron chi connectivity index (χ4n) is 9.27. The zero-order chi connectivity index (χ0) is 40.2. The molecule has 2 aliphatic rings. The molecule has 3 aromatic heterocycles. The quantitative estimate of drug-likeness (QED) is 0.131. The Kier molecular flexibility index (Phi) is 5.05. The smallest absolute Gasteiger partial charge is 0.0197 e. The molecule has 5 nitrogen and oxygen atoms in total. The van der Waals surface area contributed by atoms with Crippen molar-refractivity contribution in [1.82, 2.24) is 18.5 Å². The van der Waals surface area contributed by atoms with E-state index < -0.39 is 13.8 Å². The van der Waals surface area contributed by atoms with Crippen LogP contribution >= 0.6 is 0 Å². The van der Waals surface area contributed by atoms with Crippen LogP contribution in [0.1, 0.15) is 71.6 Å². The number of pyridine rings is 1. The molecule has 10 rings (SSSR count). The van der Waals surface area contributed by atoms with Crippen molar-refractivity contribution in [2.24, 2.45) is 6.98 Å². The molecule has 0 saturated heterocycles. The first-order chi connectivity index (χ1) is 26.8. The maximum atomic E-state index is 8.71. The van der Waals surface area contributed by atoms with Crippen LogP contribution in [0.15, 0.2) is 91.0 Å². The molecule has 0 fully saturated rings. The molecular formula is C45H38N4OPt-2. The second-order valence-electron chi connectivity index (χ2n) is 15.4. The van der Waals surface area contributed by atoms with E-state index in [4.69, 9.17) is 17.9 Å². The number of ether oxygens (including phenoxy) is 1. The van der Waals surface area contributed by atoms with E-state index in [-0.39, 0.29) is 21.8 Å². The molecule has 0 spiro atoms. The number of nitrogens with zero attached hydrogens (tertiary/aromatic N) is 4. The van der Waals surface area contributed by atoms with Gasteiger partial charge < -0.3 is 0 Å². The predicted octanol–water partition coefficient (Wildman–Crippen LogP) is 10.6. The van der Waals surface area contributed by atoms with Gasteiger partial charge in [-0.2, -0.15) is 0 Å². The van der Waals surface area contributed by atoms with Gasteiger partial charge in [0.15, 0.2) is 0 Å². The SMILES string of the molecule is [2H]C([2H])([2H])c1ccc2c3c1c1ccc(Oc4[c-]c(-n5[c](=[Pt])n(C([2H])([2H])[2H])c6ccccc65)ccc4)[c-]c1c1nc4c(n13)C(C)(CC(C)(C)c1ccccc1-4)C2(C)C. The van der Waals surface area contributed by atoms with Crippen LogP contribution in [0.5, 0.6) is 11.5 Å². The van der Waals surface area contributed by atoms with E-state index in [0.29, 0.717) is 42.9 Å². The van der Waals surface area contributed by atoms with Crippen molar-refractivity contribution < 1.29 is 32.3 Å². The Morgan fingerprint density at radius 2 is 1.61 bits per heavy atom. The maximum absolute atomic E-state index is 8.71. The second-order valence-corrected chi connectivity index (χ2v) is 16.4. The zero-order valence-electron chi connectivity index (χ0n) is 34.9. The monoisotopic (exact) mass is 851 g/mol. The summed E-state index contributed by atoms with van der Waals surface area (Å²) in [4.78, 5) is 5.52. The van der Waals surface area contributed by atoms with Gasteiger partial charge in [-0.15, -0.1) is 0 Å². The molecule has 6 heteroatoms. The number of imidazole rings is 2. The van der Waals surface area contributed by atoms with Gasteiger partial charge in [-0.3, -0.25) is 0 Å². The molecule has 0 bridgehead atoms. The van der Waals surface area contributed by atoms with Gasteiger partial charge in [0.05, 0.1) is 0 Å². The van der Waals surface area contributed by atoms with Crippen LogP contribution < -0.4 is 4.74 Å².